The Labute approximate surface area is 155 Å². The molecule has 0 heterocycles. The fraction of sp³-hybridized carbons (Fsp3) is 0.550. The van der Waals surface area contributed by atoms with E-state index in [0.29, 0.717) is 5.56 Å². The van der Waals surface area contributed by atoms with Crippen LogP contribution in [0.4, 0.5) is 0 Å². The summed E-state index contributed by atoms with van der Waals surface area (Å²) in [7, 11) is 0. The van der Waals surface area contributed by atoms with Crippen LogP contribution < -0.4 is 10.6 Å². The molecule has 0 aliphatic heterocycles. The largest absolute Gasteiger partial charge is 0.481 e. The number of carbonyl (C=O) groups excluding carboxylic acids is 2. The maximum Gasteiger partial charge on any atom is 0.305 e. The Kier molecular flexibility index (Phi) is 6.95. The predicted octanol–water partition coefficient (Wildman–Crippen LogP) is 2.72. The molecule has 26 heavy (non-hydrogen) atoms. The highest BCUT2D eigenvalue weighted by Gasteiger charge is 2.32. The lowest BCUT2D eigenvalue weighted by molar-refractivity contribution is -0.139. The Balaban J connectivity index is 2.66. The maximum atomic E-state index is 12.2. The number of carboxylic acid groups (broad SMARTS) is 1. The molecule has 1 aromatic rings. The molecule has 1 aromatic carbocycles. The average molecular weight is 362 g/mol. The van der Waals surface area contributed by atoms with Gasteiger partial charge in [-0.05, 0) is 36.0 Å². The van der Waals surface area contributed by atoms with E-state index in [9.17, 15) is 14.4 Å². The number of hydrogen-bond donors (Lipinski definition) is 3. The highest BCUT2D eigenvalue weighted by Crippen LogP contribution is 2.22. The van der Waals surface area contributed by atoms with Crippen LogP contribution in [0.15, 0.2) is 24.3 Å². The van der Waals surface area contributed by atoms with Crippen LogP contribution in [0.3, 0.4) is 0 Å². The number of nitrogens with one attached hydrogen (secondary N) is 2. The summed E-state index contributed by atoms with van der Waals surface area (Å²) in [5.41, 5.74) is 0.721. The van der Waals surface area contributed by atoms with Gasteiger partial charge in [0, 0.05) is 5.56 Å². The van der Waals surface area contributed by atoms with Crippen LogP contribution in [0.1, 0.15) is 63.9 Å². The van der Waals surface area contributed by atoms with Crippen LogP contribution in [0.25, 0.3) is 0 Å². The number of benzene rings is 1. The Morgan fingerprint density at radius 3 is 2.00 bits per heavy atom. The van der Waals surface area contributed by atoms with Gasteiger partial charge >= 0.3 is 5.97 Å². The molecule has 0 saturated heterocycles. The third kappa shape index (κ3) is 6.17. The minimum Gasteiger partial charge on any atom is -0.481 e. The number of rotatable bonds is 7. The molecule has 2 amide bonds. The van der Waals surface area contributed by atoms with Crippen LogP contribution in [0.2, 0.25) is 0 Å². The highest BCUT2D eigenvalue weighted by atomic mass is 16.4. The second kappa shape index (κ2) is 8.34. The first-order chi connectivity index (χ1) is 11.8. The molecule has 6 heteroatoms. The van der Waals surface area contributed by atoms with E-state index in [4.69, 9.17) is 5.11 Å². The average Bonchev–Trinajstić information content (AvgIpc) is 2.50. The van der Waals surface area contributed by atoms with Gasteiger partial charge < -0.3 is 15.7 Å². The summed E-state index contributed by atoms with van der Waals surface area (Å²) in [6.45, 7) is 11.5. The van der Waals surface area contributed by atoms with Gasteiger partial charge in [-0.1, -0.05) is 46.8 Å². The van der Waals surface area contributed by atoms with Crippen LogP contribution >= 0.6 is 0 Å². The molecular weight excluding hydrogens is 332 g/mol. The summed E-state index contributed by atoms with van der Waals surface area (Å²) < 4.78 is 0. The summed E-state index contributed by atoms with van der Waals surface area (Å²) in [5.74, 6) is -1.81. The lowest BCUT2D eigenvalue weighted by Gasteiger charge is -2.33. The van der Waals surface area contributed by atoms with E-state index in [1.54, 1.807) is 19.1 Å². The summed E-state index contributed by atoms with van der Waals surface area (Å²) in [4.78, 5) is 35.4. The molecule has 0 fully saturated rings. The molecule has 0 aliphatic carbocycles. The van der Waals surface area contributed by atoms with Crippen LogP contribution in [-0.2, 0) is 15.0 Å². The third-order valence-corrected chi connectivity index (χ3v) is 4.64. The second-order valence-corrected chi connectivity index (χ2v) is 8.20. The molecule has 3 N–H and O–H groups in total. The van der Waals surface area contributed by atoms with E-state index in [0.717, 1.165) is 5.56 Å². The molecule has 0 spiro atoms. The summed E-state index contributed by atoms with van der Waals surface area (Å²) >= 11 is 0. The Morgan fingerprint density at radius 2 is 1.58 bits per heavy atom. The molecular formula is C20H30N2O4. The summed E-state index contributed by atoms with van der Waals surface area (Å²) in [5, 5.41) is 14.3. The van der Waals surface area contributed by atoms with Crippen molar-refractivity contribution in [1.82, 2.24) is 10.6 Å². The van der Waals surface area contributed by atoms with Crippen molar-refractivity contribution < 1.29 is 19.5 Å². The van der Waals surface area contributed by atoms with Crippen molar-refractivity contribution >= 4 is 17.8 Å². The van der Waals surface area contributed by atoms with Gasteiger partial charge in [0.2, 0.25) is 5.91 Å². The van der Waals surface area contributed by atoms with Gasteiger partial charge in [-0.3, -0.25) is 14.4 Å². The molecule has 6 nitrogen and oxygen atoms in total. The monoisotopic (exact) mass is 362 g/mol. The zero-order valence-corrected chi connectivity index (χ0v) is 16.5. The fourth-order valence-corrected chi connectivity index (χ4v) is 2.45. The number of carboxylic acids is 1. The zero-order valence-electron chi connectivity index (χ0n) is 16.5. The number of amides is 2. The van der Waals surface area contributed by atoms with Crippen molar-refractivity contribution in [3.8, 4) is 0 Å². The Morgan fingerprint density at radius 1 is 1.04 bits per heavy atom. The second-order valence-electron chi connectivity index (χ2n) is 8.20. The lowest BCUT2D eigenvalue weighted by atomic mass is 9.85. The first kappa shape index (κ1) is 21.7. The SMILES string of the molecule is CC(C)C(C)(CC(=O)O)NC(=O)CNC(=O)c1ccc(C(C)(C)C)cc1. The van der Waals surface area contributed by atoms with Gasteiger partial charge in [0.25, 0.3) is 5.91 Å². The van der Waals surface area contributed by atoms with Crippen LogP contribution in [0.5, 0.6) is 0 Å². The Hall–Kier alpha value is -2.37. The summed E-state index contributed by atoms with van der Waals surface area (Å²) in [6, 6.07) is 7.27. The van der Waals surface area contributed by atoms with Crippen molar-refractivity contribution in [2.45, 2.75) is 58.9 Å². The topological polar surface area (TPSA) is 95.5 Å². The standard InChI is InChI=1S/C20H30N2O4/c1-13(2)20(6,11-17(24)25)22-16(23)12-21-18(26)14-7-9-15(10-8-14)19(3,4)5/h7-10,13H,11-12H2,1-6H3,(H,21,26)(H,22,23)(H,24,25). The van der Waals surface area contributed by atoms with Gasteiger partial charge in [-0.2, -0.15) is 0 Å². The molecule has 1 rings (SSSR count). The Bertz CT molecular complexity index is 659. The molecule has 0 aliphatic rings. The van der Waals surface area contributed by atoms with E-state index >= 15 is 0 Å². The normalized spacial score (nSPS) is 13.8. The van der Waals surface area contributed by atoms with E-state index in [1.165, 1.54) is 0 Å². The third-order valence-electron chi connectivity index (χ3n) is 4.64. The number of carbonyl (C=O) groups is 3. The first-order valence-corrected chi connectivity index (χ1v) is 8.76. The molecule has 1 unspecified atom stereocenters. The lowest BCUT2D eigenvalue weighted by Crippen LogP contribution is -2.53. The number of hydrogen-bond acceptors (Lipinski definition) is 3. The zero-order chi connectivity index (χ0) is 20.1. The predicted molar refractivity (Wildman–Crippen MR) is 101 cm³/mol. The van der Waals surface area contributed by atoms with Gasteiger partial charge in [0.15, 0.2) is 0 Å². The minimum atomic E-state index is -0.982. The van der Waals surface area contributed by atoms with E-state index in [1.807, 2.05) is 26.0 Å². The molecule has 0 bridgehead atoms. The minimum absolute atomic E-state index is 0.000333. The van der Waals surface area contributed by atoms with Crippen molar-refractivity contribution in [2.24, 2.45) is 5.92 Å². The summed E-state index contributed by atoms with van der Waals surface area (Å²) in [6.07, 6.45) is -0.182. The van der Waals surface area contributed by atoms with Crippen LogP contribution in [-0.4, -0.2) is 35.0 Å². The molecule has 0 radical (unpaired) electrons. The fourth-order valence-electron chi connectivity index (χ4n) is 2.45. The van der Waals surface area contributed by atoms with Gasteiger partial charge in [0.05, 0.1) is 18.5 Å². The number of aliphatic carboxylic acids is 1. The van der Waals surface area contributed by atoms with Crippen molar-refractivity contribution in [2.75, 3.05) is 6.54 Å². The van der Waals surface area contributed by atoms with Crippen molar-refractivity contribution in [1.29, 1.82) is 0 Å². The maximum absolute atomic E-state index is 12.2. The van der Waals surface area contributed by atoms with Gasteiger partial charge in [-0.15, -0.1) is 0 Å². The molecule has 144 valence electrons. The molecule has 0 aromatic heterocycles. The smallest absolute Gasteiger partial charge is 0.305 e. The van der Waals surface area contributed by atoms with Crippen LogP contribution in [0, 0.1) is 5.92 Å². The van der Waals surface area contributed by atoms with E-state index < -0.39 is 17.4 Å². The molecule has 1 atom stereocenters. The molecule has 0 saturated carbocycles. The van der Waals surface area contributed by atoms with Gasteiger partial charge in [0.1, 0.15) is 0 Å². The highest BCUT2D eigenvalue weighted by molar-refractivity contribution is 5.96. The van der Waals surface area contributed by atoms with E-state index in [-0.39, 0.29) is 30.2 Å². The van der Waals surface area contributed by atoms with Gasteiger partial charge in [-0.25, -0.2) is 0 Å². The van der Waals surface area contributed by atoms with Crippen molar-refractivity contribution in [3.05, 3.63) is 35.4 Å². The van der Waals surface area contributed by atoms with E-state index in [2.05, 4.69) is 31.4 Å². The van der Waals surface area contributed by atoms with Crippen molar-refractivity contribution in [3.63, 3.8) is 0 Å². The first-order valence-electron chi connectivity index (χ1n) is 8.76. The quantitative estimate of drug-likeness (QED) is 0.695.